The fraction of sp³-hybridized carbons (Fsp3) is 0.381. The van der Waals surface area contributed by atoms with E-state index >= 15 is 0 Å². The van der Waals surface area contributed by atoms with Gasteiger partial charge in [-0.05, 0) is 24.1 Å². The summed E-state index contributed by atoms with van der Waals surface area (Å²) in [6.07, 6.45) is 0.110. The molecule has 2 aromatic carbocycles. The molecule has 1 fully saturated rings. The van der Waals surface area contributed by atoms with Gasteiger partial charge in [0, 0.05) is 42.0 Å². The van der Waals surface area contributed by atoms with E-state index in [0.717, 1.165) is 5.56 Å². The van der Waals surface area contributed by atoms with Crippen LogP contribution in [-0.2, 0) is 31.5 Å². The topological polar surface area (TPSA) is 75.7 Å². The molecule has 1 N–H and O–H groups in total. The van der Waals surface area contributed by atoms with Gasteiger partial charge in [-0.15, -0.1) is 0 Å². The molecule has 1 amide bonds. The van der Waals surface area contributed by atoms with Crippen molar-refractivity contribution in [2.75, 3.05) is 13.6 Å². The molecule has 3 rings (SSSR count). The van der Waals surface area contributed by atoms with Crippen molar-refractivity contribution in [3.8, 4) is 0 Å². The predicted molar refractivity (Wildman–Crippen MR) is 125 cm³/mol. The monoisotopic (exact) mass is 548 g/mol. The second-order valence-corrected chi connectivity index (χ2v) is 10.4. The number of halogens is 3. The van der Waals surface area contributed by atoms with E-state index in [2.05, 4.69) is 21.2 Å². The molecule has 10 heteroatoms. The molecule has 1 heterocycles. The molecular formula is C21H23BrCl2N2O4S. The van der Waals surface area contributed by atoms with E-state index in [1.165, 1.54) is 23.5 Å². The van der Waals surface area contributed by atoms with Crippen molar-refractivity contribution in [2.45, 2.75) is 41.8 Å². The summed E-state index contributed by atoms with van der Waals surface area (Å²) in [6.45, 7) is 0.501. The highest BCUT2D eigenvalue weighted by Crippen LogP contribution is 2.37. The lowest BCUT2D eigenvalue weighted by molar-refractivity contribution is -0.121. The van der Waals surface area contributed by atoms with Crippen LogP contribution >= 0.6 is 39.1 Å². The third-order valence-corrected chi connectivity index (χ3v) is 8.64. The van der Waals surface area contributed by atoms with Crippen molar-refractivity contribution in [3.05, 3.63) is 63.6 Å². The largest absolute Gasteiger partial charge is 0.372 e. The molecule has 0 bridgehead atoms. The van der Waals surface area contributed by atoms with E-state index < -0.39 is 16.1 Å². The van der Waals surface area contributed by atoms with Gasteiger partial charge in [0.05, 0.1) is 17.7 Å². The zero-order valence-corrected chi connectivity index (χ0v) is 20.8. The smallest absolute Gasteiger partial charge is 0.244 e. The normalized spacial score (nSPS) is 19.5. The number of ether oxygens (including phenoxy) is 1. The number of nitrogens with zero attached hydrogens (tertiary/aromatic N) is 1. The van der Waals surface area contributed by atoms with Crippen LogP contribution in [0.3, 0.4) is 0 Å². The summed E-state index contributed by atoms with van der Waals surface area (Å²) < 4.78 is 34.4. The van der Waals surface area contributed by atoms with Crippen LogP contribution < -0.4 is 5.32 Å². The molecule has 1 aliphatic heterocycles. The molecule has 0 aliphatic carbocycles. The molecule has 2 atom stereocenters. The van der Waals surface area contributed by atoms with Crippen LogP contribution in [0.5, 0.6) is 0 Å². The minimum atomic E-state index is -3.98. The Morgan fingerprint density at radius 3 is 2.58 bits per heavy atom. The first-order valence-corrected chi connectivity index (χ1v) is 13.0. The Hall–Kier alpha value is -1.16. The Labute approximate surface area is 201 Å². The van der Waals surface area contributed by atoms with Gasteiger partial charge in [0.25, 0.3) is 0 Å². The highest BCUT2D eigenvalue weighted by Gasteiger charge is 2.42. The Morgan fingerprint density at radius 1 is 1.23 bits per heavy atom. The quantitative estimate of drug-likeness (QED) is 0.496. The number of sulfonamides is 1. The Kier molecular flexibility index (Phi) is 8.40. The number of benzene rings is 2. The first-order valence-electron chi connectivity index (χ1n) is 9.68. The number of alkyl halides is 1. The van der Waals surface area contributed by atoms with E-state index in [1.54, 1.807) is 0 Å². The number of amides is 1. The average Bonchev–Trinajstić information content (AvgIpc) is 3.16. The molecule has 168 valence electrons. The van der Waals surface area contributed by atoms with Gasteiger partial charge in [-0.2, -0.15) is 4.31 Å². The van der Waals surface area contributed by atoms with Gasteiger partial charge in [-0.3, -0.25) is 4.79 Å². The molecule has 0 aromatic heterocycles. The maximum atomic E-state index is 13.5. The van der Waals surface area contributed by atoms with Crippen molar-refractivity contribution in [2.24, 2.45) is 0 Å². The molecule has 0 unspecified atom stereocenters. The van der Waals surface area contributed by atoms with Crippen molar-refractivity contribution in [1.82, 2.24) is 9.62 Å². The number of nitrogens with one attached hydrogen (secondary N) is 1. The SMILES string of the molecule is CNC(=O)C[C@@H]1C[C@@H](OCc2ccccc2)CN1S(=O)(=O)c1ccc(Cl)c(CBr)c1Cl. The third kappa shape index (κ3) is 5.61. The van der Waals surface area contributed by atoms with Crippen molar-refractivity contribution < 1.29 is 17.9 Å². The maximum absolute atomic E-state index is 13.5. The van der Waals surface area contributed by atoms with Crippen molar-refractivity contribution in [1.29, 1.82) is 0 Å². The second-order valence-electron chi connectivity index (χ2n) is 7.23. The Bertz CT molecular complexity index is 1040. The van der Waals surface area contributed by atoms with Gasteiger partial charge in [0.1, 0.15) is 4.90 Å². The number of hydrogen-bond acceptors (Lipinski definition) is 4. The van der Waals surface area contributed by atoms with Gasteiger partial charge in [0.2, 0.25) is 15.9 Å². The van der Waals surface area contributed by atoms with Gasteiger partial charge in [0.15, 0.2) is 0 Å². The van der Waals surface area contributed by atoms with Crippen LogP contribution in [-0.4, -0.2) is 44.4 Å². The summed E-state index contributed by atoms with van der Waals surface area (Å²) in [7, 11) is -2.45. The summed E-state index contributed by atoms with van der Waals surface area (Å²) in [5, 5.41) is 3.34. The first kappa shape index (κ1) is 24.5. The number of carbonyl (C=O) groups excluding carboxylic acids is 1. The van der Waals surface area contributed by atoms with Gasteiger partial charge in [-0.1, -0.05) is 69.5 Å². The lowest BCUT2D eigenvalue weighted by Crippen LogP contribution is -2.39. The van der Waals surface area contributed by atoms with E-state index in [4.69, 9.17) is 27.9 Å². The summed E-state index contributed by atoms with van der Waals surface area (Å²) >= 11 is 15.9. The lowest BCUT2D eigenvalue weighted by Gasteiger charge is -2.24. The number of rotatable bonds is 8. The number of hydrogen-bond donors (Lipinski definition) is 1. The average molecular weight is 550 g/mol. The predicted octanol–water partition coefficient (Wildman–Crippen LogP) is 4.37. The van der Waals surface area contributed by atoms with Gasteiger partial charge in [-0.25, -0.2) is 8.42 Å². The molecule has 0 saturated carbocycles. The maximum Gasteiger partial charge on any atom is 0.244 e. The van der Waals surface area contributed by atoms with Crippen LogP contribution in [0.25, 0.3) is 0 Å². The van der Waals surface area contributed by atoms with Crippen molar-refractivity contribution in [3.63, 3.8) is 0 Å². The van der Waals surface area contributed by atoms with Crippen LogP contribution in [0.1, 0.15) is 24.0 Å². The van der Waals surface area contributed by atoms with Crippen molar-refractivity contribution >= 4 is 55.1 Å². The zero-order chi connectivity index (χ0) is 22.6. The van der Waals surface area contributed by atoms with Gasteiger partial charge < -0.3 is 10.1 Å². The molecular weight excluding hydrogens is 527 g/mol. The third-order valence-electron chi connectivity index (χ3n) is 5.23. The fourth-order valence-electron chi connectivity index (χ4n) is 3.57. The van der Waals surface area contributed by atoms with Gasteiger partial charge >= 0.3 is 0 Å². The highest BCUT2D eigenvalue weighted by molar-refractivity contribution is 9.08. The molecule has 31 heavy (non-hydrogen) atoms. The second kappa shape index (κ2) is 10.6. The van der Waals surface area contributed by atoms with E-state index in [1.807, 2.05) is 30.3 Å². The van der Waals surface area contributed by atoms with Crippen LogP contribution in [0.4, 0.5) is 0 Å². The minimum Gasteiger partial charge on any atom is -0.372 e. The number of carbonyl (C=O) groups is 1. The molecule has 1 aliphatic rings. The van der Waals surface area contributed by atoms with E-state index in [9.17, 15) is 13.2 Å². The summed E-state index contributed by atoms with van der Waals surface area (Å²) in [4.78, 5) is 12.0. The molecule has 1 saturated heterocycles. The zero-order valence-electron chi connectivity index (χ0n) is 16.9. The highest BCUT2D eigenvalue weighted by atomic mass is 79.9. The Morgan fingerprint density at radius 2 is 1.94 bits per heavy atom. The molecule has 6 nitrogen and oxygen atoms in total. The fourth-order valence-corrected chi connectivity index (χ4v) is 7.03. The van der Waals surface area contributed by atoms with Crippen LogP contribution in [0.15, 0.2) is 47.4 Å². The van der Waals surface area contributed by atoms with E-state index in [0.29, 0.717) is 28.9 Å². The van der Waals surface area contributed by atoms with Crippen LogP contribution in [0.2, 0.25) is 10.0 Å². The summed E-state index contributed by atoms with van der Waals surface area (Å²) in [5.41, 5.74) is 1.50. The lowest BCUT2D eigenvalue weighted by atomic mass is 10.1. The molecule has 0 radical (unpaired) electrons. The van der Waals surface area contributed by atoms with Crippen LogP contribution in [0, 0.1) is 0 Å². The standard InChI is InChI=1S/C21H23BrCl2N2O4S/c1-25-20(27)10-15-9-16(30-13-14-5-3-2-4-6-14)12-26(15)31(28,29)19-8-7-18(23)17(11-22)21(19)24/h2-8,15-16H,9-13H2,1H3,(H,25,27)/t15-,16+/m0/s1. The van der Waals surface area contributed by atoms with E-state index in [-0.39, 0.29) is 34.9 Å². The first-order chi connectivity index (χ1) is 14.8. The molecule has 0 spiro atoms. The Balaban J connectivity index is 1.87. The summed E-state index contributed by atoms with van der Waals surface area (Å²) in [6, 6.07) is 12.0. The summed E-state index contributed by atoms with van der Waals surface area (Å²) in [5.74, 6) is -0.239. The minimum absolute atomic E-state index is 0.0290. The molecule has 2 aromatic rings.